The zero-order chi connectivity index (χ0) is 47.3. The summed E-state index contributed by atoms with van der Waals surface area (Å²) in [5.74, 6) is -0.534. The van der Waals surface area contributed by atoms with Crippen LogP contribution in [0.4, 0.5) is 0 Å². The van der Waals surface area contributed by atoms with Crippen LogP contribution in [0.15, 0.2) is 60.8 Å². The van der Waals surface area contributed by atoms with Gasteiger partial charge < -0.3 is 19.4 Å². The van der Waals surface area contributed by atoms with E-state index in [1.54, 1.807) is 0 Å². The van der Waals surface area contributed by atoms with E-state index in [1.165, 1.54) is 83.5 Å². The number of amides is 1. The first-order valence-corrected chi connectivity index (χ1v) is 27.6. The second-order valence-electron chi connectivity index (χ2n) is 18.7. The van der Waals surface area contributed by atoms with Crippen molar-refractivity contribution in [1.82, 2.24) is 5.32 Å². The molecule has 0 rings (SSSR count). The predicted molar refractivity (Wildman–Crippen MR) is 272 cm³/mol. The lowest BCUT2D eigenvalue weighted by Crippen LogP contribution is -2.47. The Kier molecular flexibility index (Phi) is 42.9. The Bertz CT molecular complexity index is 1290. The fourth-order valence-corrected chi connectivity index (χ4v) is 7.89. The van der Waals surface area contributed by atoms with Gasteiger partial charge in [0.15, 0.2) is 0 Å². The highest BCUT2D eigenvalue weighted by Gasteiger charge is 2.30. The van der Waals surface area contributed by atoms with Crippen LogP contribution in [0.1, 0.15) is 220 Å². The molecule has 0 aromatic heterocycles. The van der Waals surface area contributed by atoms with Crippen molar-refractivity contribution in [3.8, 4) is 0 Å². The van der Waals surface area contributed by atoms with E-state index in [1.807, 2.05) is 33.3 Å². The van der Waals surface area contributed by atoms with Crippen LogP contribution < -0.4 is 5.32 Å². The molecule has 3 unspecified atom stereocenters. The number of carbonyl (C=O) groups is 2. The highest BCUT2D eigenvalue weighted by atomic mass is 31.2. The van der Waals surface area contributed by atoms with Crippen molar-refractivity contribution >= 4 is 19.7 Å². The number of hydrogen-bond donors (Lipinski definition) is 2. The Morgan fingerprint density at radius 1 is 0.562 bits per heavy atom. The van der Waals surface area contributed by atoms with Gasteiger partial charge in [0.2, 0.25) is 5.91 Å². The van der Waals surface area contributed by atoms with E-state index in [2.05, 4.69) is 74.7 Å². The van der Waals surface area contributed by atoms with Crippen LogP contribution in [0, 0.1) is 0 Å². The number of quaternary nitrogens is 1. The summed E-state index contributed by atoms with van der Waals surface area (Å²) in [6.07, 6.45) is 53.5. The van der Waals surface area contributed by atoms with Crippen molar-refractivity contribution in [2.75, 3.05) is 40.9 Å². The Morgan fingerprint density at radius 3 is 1.58 bits per heavy atom. The molecular weight excluding hydrogens is 820 g/mol. The van der Waals surface area contributed by atoms with Crippen molar-refractivity contribution < 1.29 is 37.3 Å². The third-order valence-electron chi connectivity index (χ3n) is 11.3. The largest absolute Gasteiger partial charge is 0.472 e. The number of phosphoric ester groups is 1. The summed E-state index contributed by atoms with van der Waals surface area (Å²) in [5, 5.41) is 3.02. The zero-order valence-corrected chi connectivity index (χ0v) is 43.2. The molecule has 1 amide bonds. The third kappa shape index (κ3) is 44.9. The van der Waals surface area contributed by atoms with Crippen LogP contribution in [0.3, 0.4) is 0 Å². The molecule has 0 aromatic carbocycles. The lowest BCUT2D eigenvalue weighted by Gasteiger charge is -2.27. The first-order chi connectivity index (χ1) is 30.9. The van der Waals surface area contributed by atoms with Crippen molar-refractivity contribution in [3.63, 3.8) is 0 Å². The van der Waals surface area contributed by atoms with Crippen LogP contribution in [-0.2, 0) is 27.9 Å². The summed E-state index contributed by atoms with van der Waals surface area (Å²) >= 11 is 0. The van der Waals surface area contributed by atoms with Gasteiger partial charge in [-0.25, -0.2) is 4.57 Å². The lowest BCUT2D eigenvalue weighted by atomic mass is 10.0. The van der Waals surface area contributed by atoms with Crippen LogP contribution in [0.25, 0.3) is 0 Å². The molecule has 2 N–H and O–H groups in total. The molecule has 9 nitrogen and oxygen atoms in total. The summed E-state index contributed by atoms with van der Waals surface area (Å²) in [5.41, 5.74) is 0. The molecule has 0 saturated carbocycles. The van der Waals surface area contributed by atoms with Crippen LogP contribution >= 0.6 is 7.82 Å². The molecule has 372 valence electrons. The summed E-state index contributed by atoms with van der Waals surface area (Å²) in [7, 11) is 1.48. The van der Waals surface area contributed by atoms with Crippen molar-refractivity contribution in [2.24, 2.45) is 0 Å². The molecule has 10 heteroatoms. The highest BCUT2D eigenvalue weighted by molar-refractivity contribution is 7.47. The fourth-order valence-electron chi connectivity index (χ4n) is 7.15. The fraction of sp³-hybridized carbons (Fsp3) is 0.778. The normalized spacial score (nSPS) is 14.4. The second-order valence-corrected chi connectivity index (χ2v) is 20.2. The molecule has 0 aliphatic rings. The molecule has 0 radical (unpaired) electrons. The molecule has 64 heavy (non-hydrogen) atoms. The first-order valence-electron chi connectivity index (χ1n) is 26.1. The summed E-state index contributed by atoms with van der Waals surface area (Å²) in [6, 6.07) is -0.855. The number of unbranched alkanes of at least 4 members (excludes halogenated alkanes) is 24. The number of ether oxygens (including phenoxy) is 1. The van der Waals surface area contributed by atoms with E-state index in [9.17, 15) is 19.0 Å². The number of nitrogens with zero attached hydrogens (tertiary/aromatic N) is 1. The number of nitrogens with one attached hydrogen (secondary N) is 1. The molecule has 0 aromatic rings. The average Bonchev–Trinajstić information content (AvgIpc) is 3.25. The van der Waals surface area contributed by atoms with Crippen LogP contribution in [0.2, 0.25) is 0 Å². The maximum Gasteiger partial charge on any atom is 0.472 e. The quantitative estimate of drug-likeness (QED) is 0.0156. The zero-order valence-electron chi connectivity index (χ0n) is 42.3. The van der Waals surface area contributed by atoms with Crippen molar-refractivity contribution in [2.45, 2.75) is 232 Å². The summed E-state index contributed by atoms with van der Waals surface area (Å²) in [6.45, 7) is 6.81. The van der Waals surface area contributed by atoms with Gasteiger partial charge in [0.1, 0.15) is 19.3 Å². The van der Waals surface area contributed by atoms with Crippen LogP contribution in [0.5, 0.6) is 0 Å². The van der Waals surface area contributed by atoms with Gasteiger partial charge in [-0.2, -0.15) is 0 Å². The Morgan fingerprint density at radius 2 is 1.03 bits per heavy atom. The van der Waals surface area contributed by atoms with E-state index < -0.39 is 20.0 Å². The summed E-state index contributed by atoms with van der Waals surface area (Å²) < 4.78 is 30.5. The lowest BCUT2D eigenvalue weighted by molar-refractivity contribution is -0.870. The predicted octanol–water partition coefficient (Wildman–Crippen LogP) is 15.2. The van der Waals surface area contributed by atoms with E-state index in [0.717, 1.165) is 103 Å². The van der Waals surface area contributed by atoms with E-state index >= 15 is 0 Å². The maximum atomic E-state index is 13.4. The number of rotatable bonds is 46. The van der Waals surface area contributed by atoms with Gasteiger partial charge >= 0.3 is 13.8 Å². The first kappa shape index (κ1) is 61.7. The average molecular weight is 920 g/mol. The van der Waals surface area contributed by atoms with Gasteiger partial charge in [-0.15, -0.1) is 0 Å². The van der Waals surface area contributed by atoms with E-state index in [-0.39, 0.29) is 31.5 Å². The Balaban J connectivity index is 5.45. The van der Waals surface area contributed by atoms with E-state index in [4.69, 9.17) is 13.8 Å². The summed E-state index contributed by atoms with van der Waals surface area (Å²) in [4.78, 5) is 37.4. The topological polar surface area (TPSA) is 111 Å². The molecule has 0 aliphatic heterocycles. The molecule has 0 saturated heterocycles. The molecule has 3 atom stereocenters. The Hall–Kier alpha value is -2.29. The minimum Gasteiger partial charge on any atom is -0.456 e. The van der Waals surface area contributed by atoms with Gasteiger partial charge in [0.05, 0.1) is 33.8 Å². The second kappa shape index (κ2) is 44.5. The SMILES string of the molecule is CC/C=C/C=C/C=C/CCCCCCCCCC(=O)OC(/C=C/CCCCCCCCCCCC)C(COP(=O)(O)OCC[N+](C)(C)C)NC(=O)CCCCCCC/C=C\CCCC. The van der Waals surface area contributed by atoms with Gasteiger partial charge in [0, 0.05) is 12.8 Å². The standard InChI is InChI=1S/C54H99N2O7P/c1-7-10-13-16-19-22-25-27-28-29-32-35-38-41-44-47-54(58)63-52(45-42-39-36-33-31-26-23-20-17-14-11-8-2)51(50-62-64(59,60)61-49-48-56(4,5)6)55-53(57)46-43-40-37-34-30-24-21-18-15-12-9-3/h10,13,16,18-19,21-22,25,42,45,51-52H,7-9,11-12,14-15,17,20,23-24,26-41,43-44,46-50H2,1-6H3,(H-,55,57,59,60)/p+1/b13-10+,19-16+,21-18-,25-22+,45-42+. The molecule has 0 fully saturated rings. The number of allylic oxidation sites excluding steroid dienone is 9. The van der Waals surface area contributed by atoms with Crippen molar-refractivity contribution in [3.05, 3.63) is 60.8 Å². The monoisotopic (exact) mass is 920 g/mol. The molecule has 0 bridgehead atoms. The van der Waals surface area contributed by atoms with Gasteiger partial charge in [0.25, 0.3) is 0 Å². The van der Waals surface area contributed by atoms with E-state index in [0.29, 0.717) is 17.4 Å². The molecule has 0 spiro atoms. The molecule has 0 heterocycles. The maximum absolute atomic E-state index is 13.4. The number of carbonyl (C=O) groups excluding carboxylic acids is 2. The Labute approximate surface area is 394 Å². The molecular formula is C54H100N2O7P+. The number of likely N-dealkylation sites (N-methyl/N-ethyl adjacent to an activating group) is 1. The highest BCUT2D eigenvalue weighted by Crippen LogP contribution is 2.43. The number of esters is 1. The van der Waals surface area contributed by atoms with Gasteiger partial charge in [-0.3, -0.25) is 18.6 Å². The number of hydrogen-bond acceptors (Lipinski definition) is 6. The minimum atomic E-state index is -4.44. The number of phosphoric acid groups is 1. The van der Waals surface area contributed by atoms with Gasteiger partial charge in [-0.05, 0) is 70.3 Å². The molecule has 0 aliphatic carbocycles. The minimum absolute atomic E-state index is 0.0349. The van der Waals surface area contributed by atoms with Gasteiger partial charge in [-0.1, -0.05) is 197 Å². The van der Waals surface area contributed by atoms with Crippen molar-refractivity contribution in [1.29, 1.82) is 0 Å². The third-order valence-corrected chi connectivity index (χ3v) is 12.2. The van der Waals surface area contributed by atoms with Crippen LogP contribution in [-0.4, -0.2) is 74.3 Å². The smallest absolute Gasteiger partial charge is 0.456 e.